The molecule has 194 valence electrons. The Morgan fingerprint density at radius 1 is 1.03 bits per heavy atom. The number of carbonyl (C=O) groups is 1. The summed E-state index contributed by atoms with van der Waals surface area (Å²) in [5, 5.41) is 3.02. The highest BCUT2D eigenvalue weighted by Gasteiger charge is 2.28. The van der Waals surface area contributed by atoms with Gasteiger partial charge in [-0.2, -0.15) is 4.98 Å². The predicted octanol–water partition coefficient (Wildman–Crippen LogP) is 4.83. The molecule has 1 saturated heterocycles. The number of ether oxygens (including phenoxy) is 3. The van der Waals surface area contributed by atoms with E-state index in [4.69, 9.17) is 24.2 Å². The van der Waals surface area contributed by atoms with Crippen LogP contribution in [0.4, 0.5) is 16.4 Å². The van der Waals surface area contributed by atoms with Crippen molar-refractivity contribution in [2.24, 2.45) is 0 Å². The zero-order valence-corrected chi connectivity index (χ0v) is 21.6. The summed E-state index contributed by atoms with van der Waals surface area (Å²) >= 11 is 0. The SMILES string of the molecule is COc1cccc(Oc2nc(N3CCOCC3)nc3c2CN(C(=O)Nc2ccc(C(C)C)cc2)CC3)c1. The van der Waals surface area contributed by atoms with Crippen molar-refractivity contribution in [3.05, 3.63) is 65.4 Å². The van der Waals surface area contributed by atoms with E-state index in [0.717, 1.165) is 30.0 Å². The lowest BCUT2D eigenvalue weighted by molar-refractivity contribution is 0.122. The van der Waals surface area contributed by atoms with Crippen LogP contribution in [0.5, 0.6) is 17.4 Å². The van der Waals surface area contributed by atoms with E-state index in [1.54, 1.807) is 12.0 Å². The molecule has 0 spiro atoms. The summed E-state index contributed by atoms with van der Waals surface area (Å²) < 4.78 is 17.1. The standard InChI is InChI=1S/C28H33N5O4/c1-19(2)20-7-9-21(10-8-20)29-28(34)33-12-11-25-24(18-33)26(37-23-6-4-5-22(17-23)35-3)31-27(30-25)32-13-15-36-16-14-32/h4-10,17,19H,11-16,18H2,1-3H3,(H,29,34). The van der Waals surface area contributed by atoms with Gasteiger partial charge in [0.1, 0.15) is 11.5 Å². The van der Waals surface area contributed by atoms with Gasteiger partial charge >= 0.3 is 6.03 Å². The second-order valence-corrected chi connectivity index (χ2v) is 9.51. The third-order valence-electron chi connectivity index (χ3n) is 6.68. The summed E-state index contributed by atoms with van der Waals surface area (Å²) in [6.45, 7) is 7.93. The lowest BCUT2D eigenvalue weighted by atomic mass is 10.0. The van der Waals surface area contributed by atoms with E-state index in [9.17, 15) is 4.79 Å². The van der Waals surface area contributed by atoms with Crippen LogP contribution in [-0.2, 0) is 17.7 Å². The number of nitrogens with zero attached hydrogens (tertiary/aromatic N) is 4. The maximum atomic E-state index is 13.2. The monoisotopic (exact) mass is 503 g/mol. The van der Waals surface area contributed by atoms with E-state index in [1.165, 1.54) is 5.56 Å². The molecule has 2 aliphatic heterocycles. The Bertz CT molecular complexity index is 1240. The van der Waals surface area contributed by atoms with E-state index in [1.807, 2.05) is 48.5 Å². The van der Waals surface area contributed by atoms with Gasteiger partial charge in [0.05, 0.1) is 38.1 Å². The largest absolute Gasteiger partial charge is 0.497 e. The highest BCUT2D eigenvalue weighted by Crippen LogP contribution is 2.33. The molecule has 1 aromatic heterocycles. The average molecular weight is 504 g/mol. The van der Waals surface area contributed by atoms with Gasteiger partial charge in [0.25, 0.3) is 0 Å². The van der Waals surface area contributed by atoms with Gasteiger partial charge in [0.15, 0.2) is 0 Å². The fourth-order valence-electron chi connectivity index (χ4n) is 4.46. The van der Waals surface area contributed by atoms with E-state index in [0.29, 0.717) is 62.0 Å². The fraction of sp³-hybridized carbons (Fsp3) is 0.393. The van der Waals surface area contributed by atoms with Gasteiger partial charge in [-0.1, -0.05) is 32.0 Å². The molecule has 9 nitrogen and oxygen atoms in total. The van der Waals surface area contributed by atoms with Gasteiger partial charge in [0, 0.05) is 37.8 Å². The molecule has 0 aliphatic carbocycles. The molecule has 9 heteroatoms. The minimum absolute atomic E-state index is 0.160. The number of nitrogens with one attached hydrogen (secondary N) is 1. The van der Waals surface area contributed by atoms with Crippen molar-refractivity contribution in [3.8, 4) is 17.4 Å². The van der Waals surface area contributed by atoms with E-state index in [2.05, 4.69) is 24.1 Å². The molecule has 5 rings (SSSR count). The molecule has 2 aromatic carbocycles. The van der Waals surface area contributed by atoms with Crippen LogP contribution in [0.15, 0.2) is 48.5 Å². The topological polar surface area (TPSA) is 89.1 Å². The molecule has 0 radical (unpaired) electrons. The van der Waals surface area contributed by atoms with Crippen LogP contribution < -0.4 is 19.7 Å². The van der Waals surface area contributed by atoms with Crippen LogP contribution >= 0.6 is 0 Å². The first-order valence-corrected chi connectivity index (χ1v) is 12.7. The second-order valence-electron chi connectivity index (χ2n) is 9.51. The Balaban J connectivity index is 1.40. The number of aromatic nitrogens is 2. The molecule has 2 amide bonds. The van der Waals surface area contributed by atoms with E-state index >= 15 is 0 Å². The average Bonchev–Trinajstić information content (AvgIpc) is 2.93. The Morgan fingerprint density at radius 2 is 1.78 bits per heavy atom. The number of methoxy groups -OCH3 is 1. The highest BCUT2D eigenvalue weighted by molar-refractivity contribution is 5.89. The van der Waals surface area contributed by atoms with Gasteiger partial charge < -0.3 is 29.3 Å². The van der Waals surface area contributed by atoms with Gasteiger partial charge in [0.2, 0.25) is 11.8 Å². The number of fused-ring (bicyclic) bond motifs is 1. The predicted molar refractivity (Wildman–Crippen MR) is 142 cm³/mol. The number of hydrogen-bond donors (Lipinski definition) is 1. The van der Waals surface area contributed by atoms with Crippen molar-refractivity contribution in [1.82, 2.24) is 14.9 Å². The van der Waals surface area contributed by atoms with E-state index < -0.39 is 0 Å². The van der Waals surface area contributed by atoms with Crippen LogP contribution in [0.25, 0.3) is 0 Å². The normalized spacial score (nSPS) is 15.4. The first kappa shape index (κ1) is 24.8. The molecule has 0 saturated carbocycles. The maximum Gasteiger partial charge on any atom is 0.322 e. The Labute approximate surface area is 217 Å². The van der Waals surface area contributed by atoms with Gasteiger partial charge in [-0.15, -0.1) is 0 Å². The molecule has 37 heavy (non-hydrogen) atoms. The van der Waals surface area contributed by atoms with Crippen molar-refractivity contribution in [2.75, 3.05) is 50.2 Å². The number of rotatable bonds is 6. The molecule has 1 N–H and O–H groups in total. The summed E-state index contributed by atoms with van der Waals surface area (Å²) in [5.74, 6) is 2.83. The van der Waals surface area contributed by atoms with Gasteiger partial charge in [-0.25, -0.2) is 9.78 Å². The first-order valence-electron chi connectivity index (χ1n) is 12.7. The van der Waals surface area contributed by atoms with Crippen LogP contribution in [0.2, 0.25) is 0 Å². The van der Waals surface area contributed by atoms with Gasteiger partial charge in [-0.05, 0) is 35.7 Å². The minimum atomic E-state index is -0.160. The van der Waals surface area contributed by atoms with Crippen molar-refractivity contribution in [3.63, 3.8) is 0 Å². The quantitative estimate of drug-likeness (QED) is 0.515. The van der Waals surface area contributed by atoms with Crippen LogP contribution in [0.1, 0.15) is 36.6 Å². The second kappa shape index (κ2) is 11.0. The molecule has 0 unspecified atom stereocenters. The number of morpholine rings is 1. The third-order valence-corrected chi connectivity index (χ3v) is 6.68. The van der Waals surface area contributed by atoms with E-state index in [-0.39, 0.29) is 6.03 Å². The Hall–Kier alpha value is -3.85. The molecule has 3 aromatic rings. The number of hydrogen-bond acceptors (Lipinski definition) is 7. The number of benzene rings is 2. The minimum Gasteiger partial charge on any atom is -0.497 e. The molecule has 0 atom stereocenters. The van der Waals surface area contributed by atoms with Crippen LogP contribution in [0, 0.1) is 0 Å². The summed E-state index contributed by atoms with van der Waals surface area (Å²) in [6.07, 6.45) is 0.614. The zero-order chi connectivity index (χ0) is 25.8. The smallest absolute Gasteiger partial charge is 0.322 e. The zero-order valence-electron chi connectivity index (χ0n) is 21.6. The lowest BCUT2D eigenvalue weighted by Gasteiger charge is -2.32. The van der Waals surface area contributed by atoms with Crippen LogP contribution in [0.3, 0.4) is 0 Å². The molecule has 1 fully saturated rings. The number of anilines is 2. The summed E-state index contributed by atoms with van der Waals surface area (Å²) in [6, 6.07) is 15.2. The Morgan fingerprint density at radius 3 is 2.51 bits per heavy atom. The number of urea groups is 1. The van der Waals surface area contributed by atoms with Crippen molar-refractivity contribution >= 4 is 17.7 Å². The molecular formula is C28H33N5O4. The van der Waals surface area contributed by atoms with Crippen molar-refractivity contribution < 1.29 is 19.0 Å². The molecule has 3 heterocycles. The summed E-state index contributed by atoms with van der Waals surface area (Å²) in [7, 11) is 1.62. The first-order chi connectivity index (χ1) is 18.0. The molecule has 0 bridgehead atoms. The lowest BCUT2D eigenvalue weighted by Crippen LogP contribution is -2.41. The fourth-order valence-corrected chi connectivity index (χ4v) is 4.46. The van der Waals surface area contributed by atoms with Crippen molar-refractivity contribution in [2.45, 2.75) is 32.7 Å². The number of carbonyl (C=O) groups excluding carboxylic acids is 1. The van der Waals surface area contributed by atoms with Gasteiger partial charge in [-0.3, -0.25) is 0 Å². The van der Waals surface area contributed by atoms with Crippen LogP contribution in [-0.4, -0.2) is 60.9 Å². The molecular weight excluding hydrogens is 470 g/mol. The summed E-state index contributed by atoms with van der Waals surface area (Å²) in [4.78, 5) is 26.7. The maximum absolute atomic E-state index is 13.2. The highest BCUT2D eigenvalue weighted by atomic mass is 16.5. The van der Waals surface area contributed by atoms with Crippen molar-refractivity contribution in [1.29, 1.82) is 0 Å². The summed E-state index contributed by atoms with van der Waals surface area (Å²) in [5.41, 5.74) is 3.72. The third kappa shape index (κ3) is 5.77. The molecule has 2 aliphatic rings. The number of amides is 2. The Kier molecular flexibility index (Phi) is 7.41.